The number of hydrogen-bond acceptors (Lipinski definition) is 4. The van der Waals surface area contributed by atoms with Crippen LogP contribution in [0.25, 0.3) is 0 Å². The smallest absolute Gasteiger partial charge is 0.459 e. The fourth-order valence-electron chi connectivity index (χ4n) is 3.90. The van der Waals surface area contributed by atoms with Gasteiger partial charge in [0.05, 0.1) is 12.1 Å². The molecule has 2 aromatic rings. The topological polar surface area (TPSA) is 88.1 Å². The summed E-state index contributed by atoms with van der Waals surface area (Å²) in [6, 6.07) is 8.49. The Hall–Kier alpha value is -3.76. The molecule has 1 atom stereocenters. The van der Waals surface area contributed by atoms with Crippen LogP contribution in [0.5, 0.6) is 5.75 Å². The molecule has 2 rings (SSSR count). The third-order valence-corrected chi connectivity index (χ3v) is 6.35. The van der Waals surface area contributed by atoms with Crippen molar-refractivity contribution >= 4 is 17.7 Å². The number of rotatable bonds is 16. The van der Waals surface area contributed by atoms with Crippen LogP contribution in [0.3, 0.4) is 0 Å². The monoisotopic (exact) mass is 664 g/mol. The molecule has 7 nitrogen and oxygen atoms in total. The van der Waals surface area contributed by atoms with Gasteiger partial charge in [0.15, 0.2) is 6.10 Å². The van der Waals surface area contributed by atoms with Gasteiger partial charge in [0, 0.05) is 31.7 Å². The second-order valence-corrected chi connectivity index (χ2v) is 9.70. The van der Waals surface area contributed by atoms with Crippen molar-refractivity contribution in [2.75, 3.05) is 31.6 Å². The molecule has 0 aliphatic heterocycles. The number of halogens is 10. The summed E-state index contributed by atoms with van der Waals surface area (Å²) >= 11 is 0. The van der Waals surface area contributed by atoms with Gasteiger partial charge in [-0.25, -0.2) is 9.59 Å². The molecule has 0 saturated carbocycles. The molecule has 0 saturated heterocycles. The lowest BCUT2D eigenvalue weighted by Crippen LogP contribution is -2.51. The first-order valence-electron chi connectivity index (χ1n) is 13.4. The van der Waals surface area contributed by atoms with E-state index in [-0.39, 0.29) is 37.6 Å². The summed E-state index contributed by atoms with van der Waals surface area (Å²) in [6.07, 6.45) is -15.2. The number of aliphatic carboxylic acids is 1. The zero-order valence-corrected chi connectivity index (χ0v) is 23.7. The first-order chi connectivity index (χ1) is 20.8. The number of benzene rings is 2. The average Bonchev–Trinajstić information content (AvgIpc) is 2.93. The number of alkyl halides is 10. The van der Waals surface area contributed by atoms with Gasteiger partial charge in [-0.3, -0.25) is 0 Å². The lowest BCUT2D eigenvalue weighted by atomic mass is 10.0. The van der Waals surface area contributed by atoms with E-state index in [1.54, 1.807) is 19.1 Å². The summed E-state index contributed by atoms with van der Waals surface area (Å²) in [5.74, 6) is -12.5. The number of carbonyl (C=O) groups excluding carboxylic acids is 1. The van der Waals surface area contributed by atoms with Crippen LogP contribution in [0.1, 0.15) is 37.3 Å². The van der Waals surface area contributed by atoms with Crippen LogP contribution in [0.2, 0.25) is 0 Å². The molecule has 0 heterocycles. The standard InChI is InChI=1S/C28H30F10N2O5/c1-2-44-22(23(41)42)17-18-5-11-21(12-6-18)45-16-15-40(14-4-3-13-25(29,30)27(34,35)28(36,37)38)24(43)39-20-9-7-19(8-10-20)26(31,32)33/h5-12,22H,2-4,13-17H2,1H3,(H,39,43)(H,41,42). The number of carboxylic acid groups (broad SMARTS) is 1. The Kier molecular flexibility index (Phi) is 12.9. The normalized spacial score (nSPS) is 13.3. The number of hydrogen-bond donors (Lipinski definition) is 2. The molecular formula is C28H30F10N2O5. The molecule has 2 aromatic carbocycles. The average molecular weight is 665 g/mol. The quantitative estimate of drug-likeness (QED) is 0.142. The minimum Gasteiger partial charge on any atom is -0.492 e. The lowest BCUT2D eigenvalue weighted by Gasteiger charge is -2.28. The van der Waals surface area contributed by atoms with Gasteiger partial charge in [0.25, 0.3) is 0 Å². The van der Waals surface area contributed by atoms with Crippen molar-refractivity contribution in [1.29, 1.82) is 0 Å². The van der Waals surface area contributed by atoms with Gasteiger partial charge in [-0.15, -0.1) is 0 Å². The molecule has 2 amide bonds. The highest BCUT2D eigenvalue weighted by Gasteiger charge is 2.72. The summed E-state index contributed by atoms with van der Waals surface area (Å²) in [5, 5.41) is 11.5. The molecule has 0 aromatic heterocycles. The predicted octanol–water partition coefficient (Wildman–Crippen LogP) is 7.65. The van der Waals surface area contributed by atoms with Gasteiger partial charge < -0.3 is 24.8 Å². The number of carbonyl (C=O) groups is 2. The van der Waals surface area contributed by atoms with Gasteiger partial charge in [-0.1, -0.05) is 12.1 Å². The van der Waals surface area contributed by atoms with E-state index in [1.807, 2.05) is 0 Å². The zero-order valence-electron chi connectivity index (χ0n) is 23.7. The largest absolute Gasteiger partial charge is 0.492 e. The summed E-state index contributed by atoms with van der Waals surface area (Å²) in [7, 11) is 0. The fourth-order valence-corrected chi connectivity index (χ4v) is 3.90. The Labute approximate surface area is 251 Å². The molecule has 1 unspecified atom stereocenters. The van der Waals surface area contributed by atoms with Gasteiger partial charge in [-0.05, 0) is 61.7 Å². The van der Waals surface area contributed by atoms with Crippen molar-refractivity contribution in [1.82, 2.24) is 4.90 Å². The number of urea groups is 1. The first kappa shape index (κ1) is 37.4. The maximum Gasteiger partial charge on any atom is 0.459 e. The Morgan fingerprint density at radius 2 is 1.47 bits per heavy atom. The molecule has 0 aliphatic carbocycles. The number of carboxylic acids is 1. The molecule has 0 bridgehead atoms. The van der Waals surface area contributed by atoms with E-state index in [1.165, 1.54) is 12.1 Å². The van der Waals surface area contributed by atoms with Crippen molar-refractivity contribution in [3.05, 3.63) is 59.7 Å². The molecule has 0 spiro atoms. The Morgan fingerprint density at radius 3 is 1.98 bits per heavy atom. The highest BCUT2D eigenvalue weighted by atomic mass is 19.4. The minimum atomic E-state index is -6.47. The third kappa shape index (κ3) is 11.0. The number of anilines is 1. The molecule has 0 fully saturated rings. The second-order valence-electron chi connectivity index (χ2n) is 9.70. The number of nitrogens with one attached hydrogen (secondary N) is 1. The van der Waals surface area contributed by atoms with E-state index < -0.39 is 73.7 Å². The molecule has 0 aliphatic rings. The summed E-state index contributed by atoms with van der Waals surface area (Å²) in [4.78, 5) is 25.1. The molecule has 252 valence electrons. The van der Waals surface area contributed by atoms with Crippen molar-refractivity contribution in [2.24, 2.45) is 0 Å². The Bertz CT molecular complexity index is 1240. The molecule has 17 heteroatoms. The molecule has 0 radical (unpaired) electrons. The summed E-state index contributed by atoms with van der Waals surface area (Å²) < 4.78 is 140. The Morgan fingerprint density at radius 1 is 0.867 bits per heavy atom. The molecule has 45 heavy (non-hydrogen) atoms. The van der Waals surface area contributed by atoms with Gasteiger partial charge in [-0.2, -0.15) is 43.9 Å². The van der Waals surface area contributed by atoms with Crippen molar-refractivity contribution in [3.8, 4) is 5.75 Å². The maximum absolute atomic E-state index is 13.7. The van der Waals surface area contributed by atoms with E-state index in [0.29, 0.717) is 17.7 Å². The van der Waals surface area contributed by atoms with Crippen LogP contribution in [0.4, 0.5) is 54.4 Å². The molecule has 2 N–H and O–H groups in total. The second kappa shape index (κ2) is 15.5. The highest BCUT2D eigenvalue weighted by Crippen LogP contribution is 2.48. The highest BCUT2D eigenvalue weighted by molar-refractivity contribution is 5.89. The summed E-state index contributed by atoms with van der Waals surface area (Å²) in [5.41, 5.74) is -0.462. The third-order valence-electron chi connectivity index (χ3n) is 6.35. The lowest BCUT2D eigenvalue weighted by molar-refractivity contribution is -0.355. The van der Waals surface area contributed by atoms with Crippen molar-refractivity contribution < 1.29 is 68.1 Å². The van der Waals surface area contributed by atoms with E-state index in [0.717, 1.165) is 17.0 Å². The van der Waals surface area contributed by atoms with Crippen LogP contribution in [0, 0.1) is 0 Å². The number of ether oxygens (including phenoxy) is 2. The fraction of sp³-hybridized carbons (Fsp3) is 0.500. The number of nitrogens with zero attached hydrogens (tertiary/aromatic N) is 1. The Balaban J connectivity index is 2.05. The minimum absolute atomic E-state index is 0.0648. The summed E-state index contributed by atoms with van der Waals surface area (Å²) in [6.45, 7) is 0.940. The van der Waals surface area contributed by atoms with Crippen LogP contribution in [-0.2, 0) is 22.1 Å². The van der Waals surface area contributed by atoms with Crippen LogP contribution < -0.4 is 10.1 Å². The maximum atomic E-state index is 13.7. The van der Waals surface area contributed by atoms with E-state index >= 15 is 0 Å². The SMILES string of the molecule is CCOC(Cc1ccc(OCCN(CCCCC(F)(F)C(F)(F)C(F)(F)F)C(=O)Nc2ccc(C(F)(F)F)cc2)cc1)C(=O)O. The van der Waals surface area contributed by atoms with E-state index in [2.05, 4.69) is 5.32 Å². The van der Waals surface area contributed by atoms with Crippen LogP contribution in [-0.4, -0.2) is 72.4 Å². The molecular weight excluding hydrogens is 634 g/mol. The van der Waals surface area contributed by atoms with Crippen LogP contribution >= 0.6 is 0 Å². The number of amides is 2. The van der Waals surface area contributed by atoms with Gasteiger partial charge >= 0.3 is 36.2 Å². The first-order valence-corrected chi connectivity index (χ1v) is 13.4. The van der Waals surface area contributed by atoms with Gasteiger partial charge in [0.1, 0.15) is 12.4 Å². The van der Waals surface area contributed by atoms with E-state index in [9.17, 15) is 58.6 Å². The van der Waals surface area contributed by atoms with E-state index in [4.69, 9.17) is 9.47 Å². The zero-order chi connectivity index (χ0) is 34.1. The van der Waals surface area contributed by atoms with Crippen LogP contribution in [0.15, 0.2) is 48.5 Å². The number of unbranched alkanes of at least 4 members (excludes halogenated alkanes) is 1. The van der Waals surface area contributed by atoms with Gasteiger partial charge in [0.2, 0.25) is 0 Å². The van der Waals surface area contributed by atoms with Crippen molar-refractivity contribution in [2.45, 2.75) is 62.9 Å². The predicted molar refractivity (Wildman–Crippen MR) is 141 cm³/mol. The van der Waals surface area contributed by atoms with Crippen molar-refractivity contribution in [3.63, 3.8) is 0 Å².